The van der Waals surface area contributed by atoms with Crippen molar-refractivity contribution in [1.82, 2.24) is 9.97 Å². The van der Waals surface area contributed by atoms with E-state index in [1.165, 1.54) is 0 Å². The van der Waals surface area contributed by atoms with E-state index < -0.39 is 0 Å². The third-order valence-electron chi connectivity index (χ3n) is 1.79. The van der Waals surface area contributed by atoms with Gasteiger partial charge in [0.2, 0.25) is 0 Å². The number of hydrogen-bond donors (Lipinski definition) is 0. The van der Waals surface area contributed by atoms with Crippen molar-refractivity contribution in [3.8, 4) is 0 Å². The zero-order chi connectivity index (χ0) is 8.39. The molecule has 0 bridgehead atoms. The van der Waals surface area contributed by atoms with E-state index in [4.69, 9.17) is 0 Å². The molecule has 2 rings (SSSR count). The van der Waals surface area contributed by atoms with Crippen LogP contribution in [0.5, 0.6) is 0 Å². The lowest BCUT2D eigenvalue weighted by atomic mass is 10.2. The maximum absolute atomic E-state index is 4.18. The van der Waals surface area contributed by atoms with E-state index >= 15 is 0 Å². The highest BCUT2D eigenvalue weighted by Crippen LogP contribution is 2.15. The van der Waals surface area contributed by atoms with Crippen LogP contribution in [0.15, 0.2) is 37.3 Å². The maximum Gasteiger partial charge on any atom is 0.0703 e. The number of nitrogens with zero attached hydrogens (tertiary/aromatic N) is 2. The van der Waals surface area contributed by atoms with Gasteiger partial charge in [-0.1, -0.05) is 6.58 Å². The predicted molar refractivity (Wildman–Crippen MR) is 49.6 cm³/mol. The molecular weight excluding hydrogens is 148 g/mol. The first-order valence-electron chi connectivity index (χ1n) is 3.73. The molecule has 0 amide bonds. The Bertz CT molecular complexity index is 416. The summed E-state index contributed by atoms with van der Waals surface area (Å²) in [6.07, 6.45) is 7.10. The standard InChI is InChI=1S/C10H8N2/c1-2-10-9-4-5-11-7-8(9)3-6-12-10/h2-7H,1H2. The van der Waals surface area contributed by atoms with Crippen LogP contribution in [0.2, 0.25) is 0 Å². The molecule has 2 heterocycles. The van der Waals surface area contributed by atoms with Crippen LogP contribution in [0.1, 0.15) is 5.69 Å². The van der Waals surface area contributed by atoms with Gasteiger partial charge in [0.1, 0.15) is 0 Å². The van der Waals surface area contributed by atoms with Crippen LogP contribution in [-0.2, 0) is 0 Å². The Morgan fingerprint density at radius 1 is 1.25 bits per heavy atom. The lowest BCUT2D eigenvalue weighted by Gasteiger charge is -1.98. The van der Waals surface area contributed by atoms with Gasteiger partial charge in [-0.25, -0.2) is 0 Å². The average molecular weight is 156 g/mol. The Labute approximate surface area is 70.6 Å². The zero-order valence-corrected chi connectivity index (χ0v) is 6.57. The van der Waals surface area contributed by atoms with E-state index in [2.05, 4.69) is 16.5 Å². The SMILES string of the molecule is C=Cc1nccc2cnccc12. The summed E-state index contributed by atoms with van der Waals surface area (Å²) in [5.74, 6) is 0. The molecule has 12 heavy (non-hydrogen) atoms. The normalized spacial score (nSPS) is 10.0. The van der Waals surface area contributed by atoms with Gasteiger partial charge in [0.15, 0.2) is 0 Å². The van der Waals surface area contributed by atoms with Crippen LogP contribution >= 0.6 is 0 Å². The minimum atomic E-state index is 0.912. The van der Waals surface area contributed by atoms with Crippen molar-refractivity contribution in [3.05, 3.63) is 43.0 Å². The largest absolute Gasteiger partial charge is 0.264 e. The number of aromatic nitrogens is 2. The van der Waals surface area contributed by atoms with Crippen molar-refractivity contribution in [2.24, 2.45) is 0 Å². The molecule has 2 aromatic rings. The Balaban J connectivity index is 2.88. The maximum atomic E-state index is 4.18. The van der Waals surface area contributed by atoms with E-state index in [1.54, 1.807) is 18.5 Å². The third kappa shape index (κ3) is 0.975. The molecule has 0 fully saturated rings. The van der Waals surface area contributed by atoms with Gasteiger partial charge >= 0.3 is 0 Å². The highest BCUT2D eigenvalue weighted by atomic mass is 14.7. The smallest absolute Gasteiger partial charge is 0.0703 e. The molecule has 0 N–H and O–H groups in total. The molecular formula is C10H8N2. The first kappa shape index (κ1) is 6.98. The quantitative estimate of drug-likeness (QED) is 0.633. The molecule has 2 nitrogen and oxygen atoms in total. The molecule has 0 radical (unpaired) electrons. The van der Waals surface area contributed by atoms with Crippen molar-refractivity contribution in [1.29, 1.82) is 0 Å². The molecule has 58 valence electrons. The van der Waals surface area contributed by atoms with Crippen LogP contribution in [0, 0.1) is 0 Å². The summed E-state index contributed by atoms with van der Waals surface area (Å²) in [5, 5.41) is 2.20. The van der Waals surface area contributed by atoms with E-state index in [0.717, 1.165) is 16.5 Å². The number of rotatable bonds is 1. The number of pyridine rings is 2. The summed E-state index contributed by atoms with van der Waals surface area (Å²) in [6.45, 7) is 3.70. The average Bonchev–Trinajstić information content (AvgIpc) is 2.17. The van der Waals surface area contributed by atoms with E-state index in [9.17, 15) is 0 Å². The van der Waals surface area contributed by atoms with Crippen molar-refractivity contribution in [2.45, 2.75) is 0 Å². The first-order chi connectivity index (χ1) is 5.92. The molecule has 0 aromatic carbocycles. The van der Waals surface area contributed by atoms with Gasteiger partial charge in [0, 0.05) is 29.4 Å². The van der Waals surface area contributed by atoms with E-state index in [0.29, 0.717) is 0 Å². The molecule has 2 aromatic heterocycles. The van der Waals surface area contributed by atoms with Gasteiger partial charge in [-0.3, -0.25) is 9.97 Å². The second kappa shape index (κ2) is 2.74. The fraction of sp³-hybridized carbons (Fsp3) is 0. The Kier molecular flexibility index (Phi) is 1.59. The van der Waals surface area contributed by atoms with Gasteiger partial charge in [0.05, 0.1) is 5.69 Å². The molecule has 0 saturated heterocycles. The summed E-state index contributed by atoms with van der Waals surface area (Å²) in [6, 6.07) is 3.88. The molecule has 0 saturated carbocycles. The molecule has 2 heteroatoms. The highest BCUT2D eigenvalue weighted by Gasteiger charge is 1.96. The van der Waals surface area contributed by atoms with Crippen LogP contribution < -0.4 is 0 Å². The Morgan fingerprint density at radius 3 is 3.00 bits per heavy atom. The van der Waals surface area contributed by atoms with Crippen LogP contribution in [0.25, 0.3) is 16.8 Å². The van der Waals surface area contributed by atoms with Crippen molar-refractivity contribution >= 4 is 16.8 Å². The molecule has 0 aliphatic heterocycles. The predicted octanol–water partition coefficient (Wildman–Crippen LogP) is 2.27. The molecule has 0 spiro atoms. The Morgan fingerprint density at radius 2 is 2.17 bits per heavy atom. The molecule has 0 aliphatic carbocycles. The van der Waals surface area contributed by atoms with E-state index in [1.807, 2.05) is 18.3 Å². The van der Waals surface area contributed by atoms with Crippen molar-refractivity contribution in [3.63, 3.8) is 0 Å². The lowest BCUT2D eigenvalue weighted by molar-refractivity contribution is 1.30. The topological polar surface area (TPSA) is 25.8 Å². The summed E-state index contributed by atoms with van der Waals surface area (Å²) >= 11 is 0. The van der Waals surface area contributed by atoms with Gasteiger partial charge in [-0.05, 0) is 18.2 Å². The van der Waals surface area contributed by atoms with Crippen LogP contribution in [0.3, 0.4) is 0 Å². The Hall–Kier alpha value is -1.70. The minimum Gasteiger partial charge on any atom is -0.264 e. The summed E-state index contributed by atoms with van der Waals surface area (Å²) in [4.78, 5) is 8.21. The van der Waals surface area contributed by atoms with Crippen LogP contribution in [0.4, 0.5) is 0 Å². The lowest BCUT2D eigenvalue weighted by Crippen LogP contribution is -1.83. The minimum absolute atomic E-state index is 0.912. The second-order valence-corrected chi connectivity index (χ2v) is 2.50. The molecule has 0 aliphatic rings. The van der Waals surface area contributed by atoms with Gasteiger partial charge in [0.25, 0.3) is 0 Å². The third-order valence-corrected chi connectivity index (χ3v) is 1.79. The summed E-state index contributed by atoms with van der Waals surface area (Å²) in [5.41, 5.74) is 0.912. The fourth-order valence-corrected chi connectivity index (χ4v) is 1.20. The number of hydrogen-bond acceptors (Lipinski definition) is 2. The first-order valence-corrected chi connectivity index (χ1v) is 3.73. The molecule has 0 unspecified atom stereocenters. The van der Waals surface area contributed by atoms with E-state index in [-0.39, 0.29) is 0 Å². The zero-order valence-electron chi connectivity index (χ0n) is 6.57. The monoisotopic (exact) mass is 156 g/mol. The molecule has 0 atom stereocenters. The summed E-state index contributed by atoms with van der Waals surface area (Å²) in [7, 11) is 0. The number of fused-ring (bicyclic) bond motifs is 1. The highest BCUT2D eigenvalue weighted by molar-refractivity contribution is 5.87. The van der Waals surface area contributed by atoms with Gasteiger partial charge in [-0.15, -0.1) is 0 Å². The van der Waals surface area contributed by atoms with Gasteiger partial charge < -0.3 is 0 Å². The van der Waals surface area contributed by atoms with Crippen molar-refractivity contribution in [2.75, 3.05) is 0 Å². The summed E-state index contributed by atoms with van der Waals surface area (Å²) < 4.78 is 0. The second-order valence-electron chi connectivity index (χ2n) is 2.50. The van der Waals surface area contributed by atoms with Crippen LogP contribution in [-0.4, -0.2) is 9.97 Å². The van der Waals surface area contributed by atoms with Crippen molar-refractivity contribution < 1.29 is 0 Å². The fourth-order valence-electron chi connectivity index (χ4n) is 1.20. The van der Waals surface area contributed by atoms with Gasteiger partial charge in [-0.2, -0.15) is 0 Å².